The molecule has 2 unspecified atom stereocenters. The van der Waals surface area contributed by atoms with Crippen LogP contribution < -0.4 is 5.73 Å². The van der Waals surface area contributed by atoms with Crippen LogP contribution in [0, 0.1) is 12.7 Å². The topological polar surface area (TPSA) is 46.3 Å². The van der Waals surface area contributed by atoms with E-state index in [2.05, 4.69) is 0 Å². The molecule has 0 aliphatic carbocycles. The van der Waals surface area contributed by atoms with Crippen LogP contribution >= 0.6 is 0 Å². The standard InChI is InChI=1S/C16H23FN2O/c1-3-9-19-15(20)6-4-5-14(18)16(19)13-10-12(17)8-7-11(13)2/h7-8,10,14,16H,3-6,9,18H2,1-2H3. The number of carbonyl (C=O) groups is 1. The summed E-state index contributed by atoms with van der Waals surface area (Å²) in [5.41, 5.74) is 8.13. The van der Waals surface area contributed by atoms with Crippen molar-refractivity contribution in [2.45, 2.75) is 51.6 Å². The summed E-state index contributed by atoms with van der Waals surface area (Å²) in [6, 6.07) is 4.40. The van der Waals surface area contributed by atoms with Crippen molar-refractivity contribution in [1.29, 1.82) is 0 Å². The Hall–Kier alpha value is -1.42. The van der Waals surface area contributed by atoms with Crippen molar-refractivity contribution >= 4 is 5.91 Å². The number of benzene rings is 1. The van der Waals surface area contributed by atoms with Crippen LogP contribution in [0.25, 0.3) is 0 Å². The van der Waals surface area contributed by atoms with Gasteiger partial charge in [0.15, 0.2) is 0 Å². The van der Waals surface area contributed by atoms with Crippen LogP contribution in [0.1, 0.15) is 49.8 Å². The van der Waals surface area contributed by atoms with E-state index >= 15 is 0 Å². The minimum Gasteiger partial charge on any atom is -0.334 e. The van der Waals surface area contributed by atoms with Gasteiger partial charge in [-0.05, 0) is 49.4 Å². The Morgan fingerprint density at radius 1 is 1.45 bits per heavy atom. The SMILES string of the molecule is CCCN1C(=O)CCCC(N)C1c1cc(F)ccc1C. The van der Waals surface area contributed by atoms with Crippen LogP contribution in [0.5, 0.6) is 0 Å². The Balaban J connectivity index is 2.45. The first-order valence-corrected chi connectivity index (χ1v) is 7.35. The highest BCUT2D eigenvalue weighted by Gasteiger charge is 2.33. The van der Waals surface area contributed by atoms with Gasteiger partial charge in [-0.1, -0.05) is 13.0 Å². The number of hydrogen-bond acceptors (Lipinski definition) is 2. The monoisotopic (exact) mass is 278 g/mol. The van der Waals surface area contributed by atoms with Crippen molar-refractivity contribution in [1.82, 2.24) is 4.90 Å². The zero-order chi connectivity index (χ0) is 14.7. The van der Waals surface area contributed by atoms with Gasteiger partial charge < -0.3 is 10.6 Å². The lowest BCUT2D eigenvalue weighted by molar-refractivity contribution is -0.133. The predicted molar refractivity (Wildman–Crippen MR) is 77.7 cm³/mol. The molecular weight excluding hydrogens is 255 g/mol. The largest absolute Gasteiger partial charge is 0.334 e. The molecule has 2 N–H and O–H groups in total. The Morgan fingerprint density at radius 2 is 2.20 bits per heavy atom. The lowest BCUT2D eigenvalue weighted by Gasteiger charge is -2.34. The molecule has 2 atom stereocenters. The van der Waals surface area contributed by atoms with E-state index in [1.807, 2.05) is 18.7 Å². The molecule has 20 heavy (non-hydrogen) atoms. The first kappa shape index (κ1) is 15.0. The van der Waals surface area contributed by atoms with Gasteiger partial charge in [0.1, 0.15) is 5.82 Å². The highest BCUT2D eigenvalue weighted by molar-refractivity contribution is 5.77. The molecule has 0 saturated carbocycles. The van der Waals surface area contributed by atoms with Crippen LogP contribution in [0.15, 0.2) is 18.2 Å². The average Bonchev–Trinajstić information content (AvgIpc) is 2.54. The molecule has 0 aromatic heterocycles. The van der Waals surface area contributed by atoms with Gasteiger partial charge >= 0.3 is 0 Å². The molecule has 1 heterocycles. The minimum absolute atomic E-state index is 0.131. The van der Waals surface area contributed by atoms with Crippen molar-refractivity contribution in [3.05, 3.63) is 35.1 Å². The van der Waals surface area contributed by atoms with E-state index in [-0.39, 0.29) is 23.8 Å². The molecule has 3 nitrogen and oxygen atoms in total. The summed E-state index contributed by atoms with van der Waals surface area (Å²) >= 11 is 0. The number of nitrogens with zero attached hydrogens (tertiary/aromatic N) is 1. The molecule has 1 fully saturated rings. The van der Waals surface area contributed by atoms with Crippen molar-refractivity contribution in [2.75, 3.05) is 6.54 Å². The number of amides is 1. The van der Waals surface area contributed by atoms with Gasteiger partial charge in [-0.25, -0.2) is 4.39 Å². The number of nitrogens with two attached hydrogens (primary N) is 1. The second kappa shape index (κ2) is 6.35. The van der Waals surface area contributed by atoms with Crippen molar-refractivity contribution < 1.29 is 9.18 Å². The number of rotatable bonds is 3. The first-order chi connectivity index (χ1) is 9.54. The third-order valence-corrected chi connectivity index (χ3v) is 4.01. The number of halogens is 1. The summed E-state index contributed by atoms with van der Waals surface area (Å²) in [6.07, 6.45) is 3.03. The van der Waals surface area contributed by atoms with Gasteiger partial charge in [0.05, 0.1) is 6.04 Å². The maximum Gasteiger partial charge on any atom is 0.223 e. The zero-order valence-corrected chi connectivity index (χ0v) is 12.2. The summed E-state index contributed by atoms with van der Waals surface area (Å²) < 4.78 is 13.6. The molecule has 1 aromatic carbocycles. The maximum absolute atomic E-state index is 13.6. The smallest absolute Gasteiger partial charge is 0.223 e. The fraction of sp³-hybridized carbons (Fsp3) is 0.562. The van der Waals surface area contributed by atoms with E-state index in [0.29, 0.717) is 13.0 Å². The molecule has 0 radical (unpaired) electrons. The van der Waals surface area contributed by atoms with E-state index < -0.39 is 0 Å². The first-order valence-electron chi connectivity index (χ1n) is 7.35. The van der Waals surface area contributed by atoms with E-state index in [4.69, 9.17) is 5.73 Å². The number of hydrogen-bond donors (Lipinski definition) is 1. The lowest BCUT2D eigenvalue weighted by Crippen LogP contribution is -2.42. The van der Waals surface area contributed by atoms with Gasteiger partial charge in [-0.3, -0.25) is 4.79 Å². The zero-order valence-electron chi connectivity index (χ0n) is 12.2. The van der Waals surface area contributed by atoms with E-state index in [9.17, 15) is 9.18 Å². The van der Waals surface area contributed by atoms with Crippen LogP contribution in [0.4, 0.5) is 4.39 Å². The molecule has 1 aliphatic heterocycles. The molecule has 1 saturated heterocycles. The normalized spacial score (nSPS) is 23.8. The van der Waals surface area contributed by atoms with E-state index in [0.717, 1.165) is 30.4 Å². The number of likely N-dealkylation sites (tertiary alicyclic amines) is 1. The third-order valence-electron chi connectivity index (χ3n) is 4.01. The summed E-state index contributed by atoms with van der Waals surface area (Å²) in [7, 11) is 0. The van der Waals surface area contributed by atoms with Crippen molar-refractivity contribution in [3.8, 4) is 0 Å². The predicted octanol–water partition coefficient (Wildman–Crippen LogP) is 2.93. The van der Waals surface area contributed by atoms with Crippen LogP contribution in [-0.2, 0) is 4.79 Å². The molecule has 0 spiro atoms. The van der Waals surface area contributed by atoms with Crippen LogP contribution in [0.3, 0.4) is 0 Å². The quantitative estimate of drug-likeness (QED) is 0.924. The van der Waals surface area contributed by atoms with E-state index in [1.165, 1.54) is 12.1 Å². The fourth-order valence-corrected chi connectivity index (χ4v) is 3.01. The molecule has 110 valence electrons. The third kappa shape index (κ3) is 3.01. The Kier molecular flexibility index (Phi) is 4.76. The van der Waals surface area contributed by atoms with Gasteiger partial charge in [0, 0.05) is 19.0 Å². The summed E-state index contributed by atoms with van der Waals surface area (Å²) in [6.45, 7) is 4.66. The highest BCUT2D eigenvalue weighted by atomic mass is 19.1. The molecule has 1 amide bonds. The minimum atomic E-state index is -0.272. The Bertz CT molecular complexity index is 489. The maximum atomic E-state index is 13.6. The van der Waals surface area contributed by atoms with Crippen molar-refractivity contribution in [3.63, 3.8) is 0 Å². The van der Waals surface area contributed by atoms with Gasteiger partial charge in [0.25, 0.3) is 0 Å². The summed E-state index contributed by atoms with van der Waals surface area (Å²) in [4.78, 5) is 14.2. The fourth-order valence-electron chi connectivity index (χ4n) is 3.01. The summed E-state index contributed by atoms with van der Waals surface area (Å²) in [5, 5.41) is 0. The second-order valence-electron chi connectivity index (χ2n) is 5.59. The molecule has 1 aliphatic rings. The van der Waals surface area contributed by atoms with Crippen molar-refractivity contribution in [2.24, 2.45) is 5.73 Å². The molecular formula is C16H23FN2O. The Morgan fingerprint density at radius 3 is 2.90 bits per heavy atom. The van der Waals surface area contributed by atoms with E-state index in [1.54, 1.807) is 6.07 Å². The Labute approximate surface area is 120 Å². The van der Waals surface area contributed by atoms with Crippen LogP contribution in [-0.4, -0.2) is 23.4 Å². The number of aryl methyl sites for hydroxylation is 1. The molecule has 0 bridgehead atoms. The number of carbonyl (C=O) groups excluding carboxylic acids is 1. The molecule has 4 heteroatoms. The molecule has 1 aromatic rings. The van der Waals surface area contributed by atoms with Gasteiger partial charge in [-0.15, -0.1) is 0 Å². The second-order valence-corrected chi connectivity index (χ2v) is 5.59. The van der Waals surface area contributed by atoms with Gasteiger partial charge in [-0.2, -0.15) is 0 Å². The van der Waals surface area contributed by atoms with Gasteiger partial charge in [0.2, 0.25) is 5.91 Å². The highest BCUT2D eigenvalue weighted by Crippen LogP contribution is 2.32. The summed E-state index contributed by atoms with van der Waals surface area (Å²) in [5.74, 6) is -0.139. The van der Waals surface area contributed by atoms with Crippen LogP contribution in [0.2, 0.25) is 0 Å². The average molecular weight is 278 g/mol. The molecule has 2 rings (SSSR count). The lowest BCUT2D eigenvalue weighted by atomic mass is 9.92.